The minimum absolute atomic E-state index is 0.0232. The Balaban J connectivity index is 1.58. The Morgan fingerprint density at radius 2 is 1.83 bits per heavy atom. The zero-order valence-corrected chi connectivity index (χ0v) is 17.9. The second-order valence-electron chi connectivity index (χ2n) is 7.77. The summed E-state index contributed by atoms with van der Waals surface area (Å²) in [6.45, 7) is 4.08. The molecule has 1 saturated heterocycles. The Morgan fingerprint density at radius 1 is 1.07 bits per heavy atom. The Kier molecular flexibility index (Phi) is 5.58. The van der Waals surface area contributed by atoms with E-state index in [1.54, 1.807) is 34.6 Å². The number of piperidine rings is 1. The molecule has 30 heavy (non-hydrogen) atoms. The van der Waals surface area contributed by atoms with Crippen molar-refractivity contribution in [2.24, 2.45) is 0 Å². The van der Waals surface area contributed by atoms with Crippen molar-refractivity contribution in [1.29, 1.82) is 0 Å². The SMILES string of the molecule is CC(=O)c1ccc(Nc2ccc3cc(S(=O)(=O)N4CCCCC4C)ccc3n2)cc1. The fraction of sp³-hybridized carbons (Fsp3) is 0.304. The Bertz CT molecular complexity index is 1190. The molecule has 0 amide bonds. The average molecular weight is 424 g/mol. The number of anilines is 2. The molecule has 2 aromatic carbocycles. The van der Waals surface area contributed by atoms with Gasteiger partial charge in [0.05, 0.1) is 10.4 Å². The monoisotopic (exact) mass is 423 g/mol. The zero-order valence-electron chi connectivity index (χ0n) is 17.1. The average Bonchev–Trinajstić information content (AvgIpc) is 2.74. The molecule has 0 bridgehead atoms. The lowest BCUT2D eigenvalue weighted by Crippen LogP contribution is -2.41. The number of nitrogens with one attached hydrogen (secondary N) is 1. The van der Waals surface area contributed by atoms with Crippen molar-refractivity contribution >= 4 is 38.2 Å². The van der Waals surface area contributed by atoms with Crippen molar-refractivity contribution in [3.05, 3.63) is 60.2 Å². The van der Waals surface area contributed by atoms with Crippen molar-refractivity contribution in [3.63, 3.8) is 0 Å². The first kappa shape index (κ1) is 20.5. The predicted molar refractivity (Wildman–Crippen MR) is 119 cm³/mol. The molecule has 1 N–H and O–H groups in total. The number of hydrogen-bond acceptors (Lipinski definition) is 5. The lowest BCUT2D eigenvalue weighted by atomic mass is 10.1. The number of Topliss-reactive ketones (excluding diaryl/α,β-unsaturated/α-hetero) is 1. The molecule has 1 aromatic heterocycles. The Hall–Kier alpha value is -2.77. The summed E-state index contributed by atoms with van der Waals surface area (Å²) >= 11 is 0. The predicted octanol–water partition coefficient (Wildman–Crippen LogP) is 4.74. The second kappa shape index (κ2) is 8.16. The van der Waals surface area contributed by atoms with Gasteiger partial charge in [0.25, 0.3) is 0 Å². The Morgan fingerprint density at radius 3 is 2.53 bits per heavy atom. The summed E-state index contributed by atoms with van der Waals surface area (Å²) in [5.41, 5.74) is 2.19. The molecule has 1 atom stereocenters. The number of carbonyl (C=O) groups is 1. The molecule has 3 aromatic rings. The standard InChI is InChI=1S/C23H25N3O3S/c1-16-5-3-4-14-26(16)30(28,29)21-11-12-22-19(15-21)8-13-23(25-22)24-20-9-6-18(7-10-20)17(2)27/h6-13,15-16H,3-5,14H2,1-2H3,(H,24,25). The quantitative estimate of drug-likeness (QED) is 0.600. The lowest BCUT2D eigenvalue weighted by Gasteiger charge is -2.32. The molecular weight excluding hydrogens is 398 g/mol. The van der Waals surface area contributed by atoms with Crippen LogP contribution in [0.15, 0.2) is 59.5 Å². The van der Waals surface area contributed by atoms with Crippen LogP contribution in [0.5, 0.6) is 0 Å². The van der Waals surface area contributed by atoms with E-state index in [4.69, 9.17) is 0 Å². The molecular formula is C23H25N3O3S. The number of nitrogens with zero attached hydrogens (tertiary/aromatic N) is 2. The smallest absolute Gasteiger partial charge is 0.243 e. The summed E-state index contributed by atoms with van der Waals surface area (Å²) in [7, 11) is -3.51. The number of carbonyl (C=O) groups excluding carboxylic acids is 1. The van der Waals surface area contributed by atoms with Gasteiger partial charge in [0, 0.05) is 29.2 Å². The van der Waals surface area contributed by atoms with Crippen molar-refractivity contribution in [3.8, 4) is 0 Å². The summed E-state index contributed by atoms with van der Waals surface area (Å²) in [5, 5.41) is 3.99. The number of rotatable bonds is 5. The molecule has 2 heterocycles. The highest BCUT2D eigenvalue weighted by atomic mass is 32.2. The van der Waals surface area contributed by atoms with E-state index in [2.05, 4.69) is 10.3 Å². The van der Waals surface area contributed by atoms with Crippen LogP contribution >= 0.6 is 0 Å². The molecule has 6 nitrogen and oxygen atoms in total. The van der Waals surface area contributed by atoms with Crippen LogP contribution in [0.4, 0.5) is 11.5 Å². The first-order chi connectivity index (χ1) is 14.3. The summed E-state index contributed by atoms with van der Waals surface area (Å²) in [6, 6.07) is 16.0. The zero-order chi connectivity index (χ0) is 21.3. The number of hydrogen-bond donors (Lipinski definition) is 1. The summed E-state index contributed by atoms with van der Waals surface area (Å²) in [5.74, 6) is 0.674. The van der Waals surface area contributed by atoms with Crippen molar-refractivity contribution in [1.82, 2.24) is 9.29 Å². The first-order valence-corrected chi connectivity index (χ1v) is 11.6. The van der Waals surface area contributed by atoms with E-state index in [0.717, 1.165) is 30.3 Å². The van der Waals surface area contributed by atoms with Crippen LogP contribution in [-0.2, 0) is 10.0 Å². The molecule has 0 aliphatic carbocycles. The van der Waals surface area contributed by atoms with E-state index in [9.17, 15) is 13.2 Å². The molecule has 1 aliphatic heterocycles. The van der Waals surface area contributed by atoms with Gasteiger partial charge in [-0.1, -0.05) is 6.42 Å². The molecule has 1 fully saturated rings. The van der Waals surface area contributed by atoms with Crippen LogP contribution in [0.3, 0.4) is 0 Å². The summed E-state index contributed by atoms with van der Waals surface area (Å²) in [6.07, 6.45) is 2.88. The maximum absolute atomic E-state index is 13.1. The normalized spacial score (nSPS) is 17.7. The molecule has 1 aliphatic rings. The number of benzene rings is 2. The number of pyridine rings is 1. The van der Waals surface area contributed by atoms with Gasteiger partial charge in [-0.2, -0.15) is 4.31 Å². The second-order valence-corrected chi connectivity index (χ2v) is 9.66. The third kappa shape index (κ3) is 4.08. The summed E-state index contributed by atoms with van der Waals surface area (Å²) < 4.78 is 27.8. The van der Waals surface area contributed by atoms with E-state index in [1.807, 2.05) is 31.2 Å². The number of aromatic nitrogens is 1. The Labute approximate surface area is 177 Å². The minimum Gasteiger partial charge on any atom is -0.340 e. The van der Waals surface area contributed by atoms with E-state index >= 15 is 0 Å². The van der Waals surface area contributed by atoms with Gasteiger partial charge < -0.3 is 5.32 Å². The molecule has 0 spiro atoms. The van der Waals surface area contributed by atoms with Crippen LogP contribution in [0, 0.1) is 0 Å². The molecule has 156 valence electrons. The maximum atomic E-state index is 13.1. The minimum atomic E-state index is -3.51. The van der Waals surface area contributed by atoms with Gasteiger partial charge in [-0.25, -0.2) is 13.4 Å². The largest absolute Gasteiger partial charge is 0.340 e. The van der Waals surface area contributed by atoms with E-state index < -0.39 is 10.0 Å². The van der Waals surface area contributed by atoms with Crippen LogP contribution in [0.2, 0.25) is 0 Å². The maximum Gasteiger partial charge on any atom is 0.243 e. The fourth-order valence-electron chi connectivity index (χ4n) is 3.83. The van der Waals surface area contributed by atoms with Gasteiger partial charge in [-0.3, -0.25) is 4.79 Å². The molecule has 0 saturated carbocycles. The number of ketones is 1. The molecule has 7 heteroatoms. The van der Waals surface area contributed by atoms with Crippen LogP contribution in [-0.4, -0.2) is 36.1 Å². The van der Waals surface area contributed by atoms with Crippen molar-refractivity contribution in [2.75, 3.05) is 11.9 Å². The van der Waals surface area contributed by atoms with E-state index in [-0.39, 0.29) is 11.8 Å². The van der Waals surface area contributed by atoms with Crippen molar-refractivity contribution in [2.45, 2.75) is 44.0 Å². The lowest BCUT2D eigenvalue weighted by molar-refractivity contribution is 0.101. The van der Waals surface area contributed by atoms with Gasteiger partial charge in [-0.05, 0) is 81.3 Å². The van der Waals surface area contributed by atoms with Gasteiger partial charge in [0.15, 0.2) is 5.78 Å². The first-order valence-electron chi connectivity index (χ1n) is 10.2. The van der Waals surface area contributed by atoms with Crippen LogP contribution in [0.25, 0.3) is 10.9 Å². The van der Waals surface area contributed by atoms with Gasteiger partial charge in [0.1, 0.15) is 5.82 Å². The van der Waals surface area contributed by atoms with Gasteiger partial charge in [-0.15, -0.1) is 0 Å². The fourth-order valence-corrected chi connectivity index (χ4v) is 5.57. The van der Waals surface area contributed by atoms with Gasteiger partial charge in [0.2, 0.25) is 10.0 Å². The summed E-state index contributed by atoms with van der Waals surface area (Å²) in [4.78, 5) is 16.3. The number of sulfonamides is 1. The van der Waals surface area contributed by atoms with Crippen LogP contribution in [0.1, 0.15) is 43.5 Å². The van der Waals surface area contributed by atoms with Crippen molar-refractivity contribution < 1.29 is 13.2 Å². The highest BCUT2D eigenvalue weighted by molar-refractivity contribution is 7.89. The highest BCUT2D eigenvalue weighted by Gasteiger charge is 2.31. The third-order valence-corrected chi connectivity index (χ3v) is 7.58. The molecule has 4 rings (SSSR count). The molecule has 1 unspecified atom stereocenters. The van der Waals surface area contributed by atoms with Crippen LogP contribution < -0.4 is 5.32 Å². The highest BCUT2D eigenvalue weighted by Crippen LogP contribution is 2.28. The number of fused-ring (bicyclic) bond motifs is 1. The third-order valence-electron chi connectivity index (χ3n) is 5.57. The topological polar surface area (TPSA) is 79.4 Å². The molecule has 0 radical (unpaired) electrons. The van der Waals surface area contributed by atoms with E-state index in [1.165, 1.54) is 6.92 Å². The van der Waals surface area contributed by atoms with E-state index in [0.29, 0.717) is 28.3 Å². The van der Waals surface area contributed by atoms with Gasteiger partial charge >= 0.3 is 0 Å².